The van der Waals surface area contributed by atoms with E-state index >= 15 is 0 Å². The van der Waals surface area contributed by atoms with E-state index in [0.717, 1.165) is 10.0 Å². The molecular formula is C12H11BrN2O4. The molecule has 1 amide bonds. The maximum absolute atomic E-state index is 11.9. The van der Waals surface area contributed by atoms with Crippen molar-refractivity contribution < 1.29 is 19.5 Å². The molecule has 0 aliphatic carbocycles. The minimum absolute atomic E-state index is 0.0371. The van der Waals surface area contributed by atoms with Crippen LogP contribution in [0.15, 0.2) is 27.8 Å². The van der Waals surface area contributed by atoms with E-state index in [1.165, 1.54) is 0 Å². The van der Waals surface area contributed by atoms with Crippen molar-refractivity contribution in [1.82, 2.24) is 0 Å². The number of halogens is 1. The van der Waals surface area contributed by atoms with Crippen LogP contribution in [0.5, 0.6) is 0 Å². The Labute approximate surface area is 117 Å². The second-order valence-corrected chi connectivity index (χ2v) is 4.97. The Morgan fingerprint density at radius 3 is 2.84 bits per heavy atom. The number of benzene rings is 1. The van der Waals surface area contributed by atoms with Crippen molar-refractivity contribution in [3.05, 3.63) is 28.2 Å². The first-order valence-electron chi connectivity index (χ1n) is 5.50. The molecule has 0 radical (unpaired) electrons. The molecule has 2 rings (SSSR count). The van der Waals surface area contributed by atoms with Gasteiger partial charge < -0.3 is 15.3 Å². The molecule has 1 aromatic carbocycles. The Morgan fingerprint density at radius 2 is 2.26 bits per heavy atom. The predicted octanol–water partition coefficient (Wildman–Crippen LogP) is 1.93. The van der Waals surface area contributed by atoms with Gasteiger partial charge in [0.2, 0.25) is 6.10 Å². The van der Waals surface area contributed by atoms with Gasteiger partial charge in [-0.2, -0.15) is 0 Å². The summed E-state index contributed by atoms with van der Waals surface area (Å²) in [7, 11) is 0. The van der Waals surface area contributed by atoms with E-state index in [9.17, 15) is 9.59 Å². The maximum Gasteiger partial charge on any atom is 0.353 e. The van der Waals surface area contributed by atoms with Crippen LogP contribution in [-0.4, -0.2) is 28.8 Å². The van der Waals surface area contributed by atoms with E-state index in [1.54, 1.807) is 6.07 Å². The number of oxime groups is 1. The van der Waals surface area contributed by atoms with Crippen LogP contribution in [-0.2, 0) is 14.4 Å². The highest BCUT2D eigenvalue weighted by Crippen LogP contribution is 2.24. The Bertz CT molecular complexity index is 571. The molecule has 7 heteroatoms. The fourth-order valence-electron chi connectivity index (χ4n) is 1.58. The second-order valence-electron chi connectivity index (χ2n) is 4.11. The number of anilines is 1. The summed E-state index contributed by atoms with van der Waals surface area (Å²) in [6, 6.07) is 5.48. The molecule has 0 bridgehead atoms. The summed E-state index contributed by atoms with van der Waals surface area (Å²) in [6.07, 6.45) is -0.940. The fourth-order valence-corrected chi connectivity index (χ4v) is 2.17. The maximum atomic E-state index is 11.9. The fraction of sp³-hybridized carbons (Fsp3) is 0.250. The summed E-state index contributed by atoms with van der Waals surface area (Å²) >= 11 is 3.34. The summed E-state index contributed by atoms with van der Waals surface area (Å²) in [5.41, 5.74) is 1.50. The topological polar surface area (TPSA) is 88.0 Å². The standard InChI is InChI=1S/C12H11BrN2O4/c1-6-2-3-8(7(13)4-6)14-11(16)10-5-9(12(17)18)15-19-10/h2-4,10H,5H2,1H3,(H,14,16)(H,17,18). The third-order valence-corrected chi connectivity index (χ3v) is 3.25. The Balaban J connectivity index is 2.01. The second kappa shape index (κ2) is 5.40. The molecule has 1 heterocycles. The summed E-state index contributed by atoms with van der Waals surface area (Å²) in [4.78, 5) is 27.4. The largest absolute Gasteiger partial charge is 0.477 e. The van der Waals surface area contributed by atoms with Gasteiger partial charge in [0.05, 0.1) is 5.69 Å². The zero-order chi connectivity index (χ0) is 14.0. The highest BCUT2D eigenvalue weighted by molar-refractivity contribution is 9.10. The molecule has 1 aliphatic heterocycles. The van der Waals surface area contributed by atoms with Crippen molar-refractivity contribution in [3.8, 4) is 0 Å². The van der Waals surface area contributed by atoms with E-state index in [-0.39, 0.29) is 12.1 Å². The van der Waals surface area contributed by atoms with Gasteiger partial charge >= 0.3 is 5.97 Å². The molecule has 0 saturated carbocycles. The van der Waals surface area contributed by atoms with Gasteiger partial charge in [-0.3, -0.25) is 4.79 Å². The van der Waals surface area contributed by atoms with Crippen LogP contribution in [0.2, 0.25) is 0 Å². The SMILES string of the molecule is Cc1ccc(NC(=O)C2CC(C(=O)O)=NO2)c(Br)c1. The molecule has 0 fully saturated rings. The lowest BCUT2D eigenvalue weighted by atomic mass is 10.1. The zero-order valence-electron chi connectivity index (χ0n) is 10.0. The molecule has 1 unspecified atom stereocenters. The smallest absolute Gasteiger partial charge is 0.353 e. The molecule has 2 N–H and O–H groups in total. The lowest BCUT2D eigenvalue weighted by Gasteiger charge is -2.11. The highest BCUT2D eigenvalue weighted by atomic mass is 79.9. The van der Waals surface area contributed by atoms with E-state index in [2.05, 4.69) is 26.4 Å². The number of hydrogen-bond donors (Lipinski definition) is 2. The van der Waals surface area contributed by atoms with Gasteiger partial charge in [-0.25, -0.2) is 4.79 Å². The molecule has 0 spiro atoms. The molecular weight excluding hydrogens is 316 g/mol. The van der Waals surface area contributed by atoms with Crippen molar-refractivity contribution in [1.29, 1.82) is 0 Å². The predicted molar refractivity (Wildman–Crippen MR) is 72.1 cm³/mol. The van der Waals surface area contributed by atoms with Crippen molar-refractivity contribution >= 4 is 39.2 Å². The average Bonchev–Trinajstić information content (AvgIpc) is 2.82. The van der Waals surface area contributed by atoms with E-state index < -0.39 is 18.0 Å². The number of carboxylic acids is 1. The first-order valence-corrected chi connectivity index (χ1v) is 6.29. The molecule has 19 heavy (non-hydrogen) atoms. The molecule has 1 aromatic rings. The number of carbonyl (C=O) groups is 2. The number of hydrogen-bond acceptors (Lipinski definition) is 4. The molecule has 1 aliphatic rings. The first-order chi connectivity index (χ1) is 8.97. The van der Waals surface area contributed by atoms with Crippen molar-refractivity contribution in [2.75, 3.05) is 5.32 Å². The molecule has 1 atom stereocenters. The summed E-state index contributed by atoms with van der Waals surface area (Å²) in [6.45, 7) is 1.93. The first kappa shape index (κ1) is 13.5. The van der Waals surface area contributed by atoms with Gasteiger partial charge in [-0.15, -0.1) is 0 Å². The zero-order valence-corrected chi connectivity index (χ0v) is 11.6. The van der Waals surface area contributed by atoms with Gasteiger partial charge in [0.25, 0.3) is 5.91 Å². The summed E-state index contributed by atoms with van der Waals surface area (Å²) in [5, 5.41) is 14.7. The van der Waals surface area contributed by atoms with Crippen LogP contribution in [0.1, 0.15) is 12.0 Å². The van der Waals surface area contributed by atoms with E-state index in [0.29, 0.717) is 5.69 Å². The van der Waals surface area contributed by atoms with Crippen molar-refractivity contribution in [2.45, 2.75) is 19.4 Å². The number of aliphatic carboxylic acids is 1. The Hall–Kier alpha value is -1.89. The number of carbonyl (C=O) groups excluding carboxylic acids is 1. The lowest BCUT2D eigenvalue weighted by molar-refractivity contribution is -0.129. The van der Waals surface area contributed by atoms with E-state index in [1.807, 2.05) is 19.1 Å². The Morgan fingerprint density at radius 1 is 1.53 bits per heavy atom. The third-order valence-electron chi connectivity index (χ3n) is 2.59. The number of rotatable bonds is 3. The number of amides is 1. The molecule has 0 aromatic heterocycles. The van der Waals surface area contributed by atoms with Crippen LogP contribution in [0.3, 0.4) is 0 Å². The van der Waals surface area contributed by atoms with Gasteiger partial charge in [-0.1, -0.05) is 11.2 Å². The van der Waals surface area contributed by atoms with Gasteiger partial charge in [0.1, 0.15) is 0 Å². The number of nitrogens with zero attached hydrogens (tertiary/aromatic N) is 1. The van der Waals surface area contributed by atoms with Crippen molar-refractivity contribution in [3.63, 3.8) is 0 Å². The number of aryl methyl sites for hydroxylation is 1. The monoisotopic (exact) mass is 326 g/mol. The van der Waals surface area contributed by atoms with Crippen LogP contribution in [0.25, 0.3) is 0 Å². The van der Waals surface area contributed by atoms with Gasteiger partial charge in [-0.05, 0) is 40.5 Å². The van der Waals surface area contributed by atoms with Crippen LogP contribution >= 0.6 is 15.9 Å². The molecule has 6 nitrogen and oxygen atoms in total. The number of carboxylic acid groups (broad SMARTS) is 1. The molecule has 100 valence electrons. The van der Waals surface area contributed by atoms with Crippen LogP contribution in [0.4, 0.5) is 5.69 Å². The summed E-state index contributed by atoms with van der Waals surface area (Å²) in [5.74, 6) is -1.60. The quantitative estimate of drug-likeness (QED) is 0.888. The normalized spacial score (nSPS) is 17.6. The lowest BCUT2D eigenvalue weighted by Crippen LogP contribution is -2.29. The van der Waals surface area contributed by atoms with Crippen LogP contribution in [0, 0.1) is 6.92 Å². The number of nitrogens with one attached hydrogen (secondary N) is 1. The minimum Gasteiger partial charge on any atom is -0.477 e. The molecule has 0 saturated heterocycles. The van der Waals surface area contributed by atoms with Crippen molar-refractivity contribution in [2.24, 2.45) is 5.16 Å². The van der Waals surface area contributed by atoms with Gasteiger partial charge in [0.15, 0.2) is 5.71 Å². The Kier molecular flexibility index (Phi) is 3.84. The van der Waals surface area contributed by atoms with Gasteiger partial charge in [0, 0.05) is 10.9 Å². The van der Waals surface area contributed by atoms with Crippen LogP contribution < -0.4 is 5.32 Å². The summed E-state index contributed by atoms with van der Waals surface area (Å²) < 4.78 is 0.748. The minimum atomic E-state index is -1.17. The van der Waals surface area contributed by atoms with E-state index in [4.69, 9.17) is 9.94 Å². The highest BCUT2D eigenvalue weighted by Gasteiger charge is 2.31. The third kappa shape index (κ3) is 3.11. The average molecular weight is 327 g/mol.